The molecule has 2 aromatic heterocycles. The lowest BCUT2D eigenvalue weighted by Crippen LogP contribution is -2.12. The molecule has 5 heteroatoms. The average molecular weight is 265 g/mol. The van der Waals surface area contributed by atoms with Gasteiger partial charge in [0, 0.05) is 16.2 Å². The van der Waals surface area contributed by atoms with Crippen molar-refractivity contribution in [2.75, 3.05) is 0 Å². The third-order valence-electron chi connectivity index (χ3n) is 2.74. The van der Waals surface area contributed by atoms with Gasteiger partial charge in [-0.2, -0.15) is 4.98 Å². The van der Waals surface area contributed by atoms with Crippen molar-refractivity contribution in [3.05, 3.63) is 33.6 Å². The van der Waals surface area contributed by atoms with Gasteiger partial charge in [0.2, 0.25) is 5.89 Å². The summed E-state index contributed by atoms with van der Waals surface area (Å²) < 4.78 is 5.09. The van der Waals surface area contributed by atoms with Crippen LogP contribution in [0, 0.1) is 0 Å². The Morgan fingerprint density at radius 1 is 1.39 bits per heavy atom. The van der Waals surface area contributed by atoms with Crippen LogP contribution in [-0.2, 0) is 11.8 Å². The molecule has 98 valence electrons. The first-order valence-corrected chi connectivity index (χ1v) is 6.91. The molecule has 0 aliphatic heterocycles. The molecule has 0 radical (unpaired) electrons. The van der Waals surface area contributed by atoms with Crippen LogP contribution in [0.2, 0.25) is 0 Å². The second-order valence-electron chi connectivity index (χ2n) is 5.33. The zero-order chi connectivity index (χ0) is 13.3. The first-order valence-electron chi connectivity index (χ1n) is 6.10. The Labute approximate surface area is 111 Å². The molecule has 0 aliphatic carbocycles. The normalized spacial score (nSPS) is 13.8. The van der Waals surface area contributed by atoms with Crippen molar-refractivity contribution >= 4 is 11.3 Å². The van der Waals surface area contributed by atoms with E-state index in [2.05, 4.69) is 43.0 Å². The quantitative estimate of drug-likeness (QED) is 0.926. The van der Waals surface area contributed by atoms with Gasteiger partial charge in [0.25, 0.3) is 0 Å². The first kappa shape index (κ1) is 13.2. The van der Waals surface area contributed by atoms with E-state index < -0.39 is 0 Å². The van der Waals surface area contributed by atoms with Gasteiger partial charge in [-0.15, -0.1) is 11.3 Å². The van der Waals surface area contributed by atoms with Gasteiger partial charge < -0.3 is 10.3 Å². The van der Waals surface area contributed by atoms with Crippen LogP contribution in [0.15, 0.2) is 16.7 Å². The third kappa shape index (κ3) is 2.62. The van der Waals surface area contributed by atoms with Crippen LogP contribution < -0.4 is 5.73 Å². The fourth-order valence-corrected chi connectivity index (χ4v) is 2.65. The van der Waals surface area contributed by atoms with Crippen molar-refractivity contribution in [2.45, 2.75) is 45.6 Å². The van der Waals surface area contributed by atoms with Crippen LogP contribution >= 0.6 is 11.3 Å². The zero-order valence-electron chi connectivity index (χ0n) is 11.2. The van der Waals surface area contributed by atoms with Crippen molar-refractivity contribution < 1.29 is 4.52 Å². The van der Waals surface area contributed by atoms with Crippen molar-refractivity contribution in [2.24, 2.45) is 5.73 Å². The molecule has 0 fully saturated rings. The number of hydrogen-bond acceptors (Lipinski definition) is 5. The van der Waals surface area contributed by atoms with Gasteiger partial charge >= 0.3 is 0 Å². The fourth-order valence-electron chi connectivity index (χ4n) is 1.59. The molecule has 2 rings (SSSR count). The minimum Gasteiger partial charge on any atom is -0.339 e. The van der Waals surface area contributed by atoms with Gasteiger partial charge in [-0.3, -0.25) is 0 Å². The molecular weight excluding hydrogens is 246 g/mol. The van der Waals surface area contributed by atoms with E-state index in [1.165, 1.54) is 4.88 Å². The molecule has 0 aliphatic rings. The molecule has 0 bridgehead atoms. The summed E-state index contributed by atoms with van der Waals surface area (Å²) >= 11 is 1.71. The summed E-state index contributed by atoms with van der Waals surface area (Å²) in [7, 11) is 0. The molecule has 1 atom stereocenters. The standard InChI is InChI=1S/C13H19N3OS/c1-5-10-15-12(16-17-10)11(14)8-6-7-9(18-8)13(2,3)4/h6-7,11H,5,14H2,1-4H3. The topological polar surface area (TPSA) is 64.9 Å². The van der Waals surface area contributed by atoms with E-state index in [-0.39, 0.29) is 11.5 Å². The summed E-state index contributed by atoms with van der Waals surface area (Å²) in [6.45, 7) is 8.55. The highest BCUT2D eigenvalue weighted by atomic mass is 32.1. The molecule has 2 N–H and O–H groups in total. The first-order chi connectivity index (χ1) is 8.41. The van der Waals surface area contributed by atoms with Crippen LogP contribution in [0.5, 0.6) is 0 Å². The van der Waals surface area contributed by atoms with Crippen molar-refractivity contribution in [1.29, 1.82) is 0 Å². The van der Waals surface area contributed by atoms with E-state index >= 15 is 0 Å². The SMILES string of the molecule is CCc1nc(C(N)c2ccc(C(C)(C)C)s2)no1. The zero-order valence-corrected chi connectivity index (χ0v) is 12.0. The Morgan fingerprint density at radius 3 is 2.61 bits per heavy atom. The second kappa shape index (κ2) is 4.82. The van der Waals surface area contributed by atoms with E-state index in [0.717, 1.165) is 11.3 Å². The number of rotatable bonds is 3. The van der Waals surface area contributed by atoms with E-state index in [1.54, 1.807) is 11.3 Å². The third-order valence-corrected chi connectivity index (χ3v) is 4.33. The van der Waals surface area contributed by atoms with Gasteiger partial charge in [0.15, 0.2) is 5.82 Å². The summed E-state index contributed by atoms with van der Waals surface area (Å²) in [4.78, 5) is 6.67. The van der Waals surface area contributed by atoms with Gasteiger partial charge in [-0.25, -0.2) is 0 Å². The Hall–Kier alpha value is -1.20. The fraction of sp³-hybridized carbons (Fsp3) is 0.538. The highest BCUT2D eigenvalue weighted by Gasteiger charge is 2.21. The molecule has 2 heterocycles. The molecule has 4 nitrogen and oxygen atoms in total. The predicted octanol–water partition coefficient (Wildman–Crippen LogP) is 3.04. The van der Waals surface area contributed by atoms with Crippen molar-refractivity contribution in [3.8, 4) is 0 Å². The Morgan fingerprint density at radius 2 is 2.11 bits per heavy atom. The smallest absolute Gasteiger partial charge is 0.226 e. The minimum atomic E-state index is -0.296. The lowest BCUT2D eigenvalue weighted by Gasteiger charge is -2.15. The predicted molar refractivity (Wildman–Crippen MR) is 72.7 cm³/mol. The lowest BCUT2D eigenvalue weighted by atomic mass is 9.95. The Balaban J connectivity index is 2.23. The van der Waals surface area contributed by atoms with Crippen LogP contribution in [-0.4, -0.2) is 10.1 Å². The number of aryl methyl sites for hydroxylation is 1. The summed E-state index contributed by atoms with van der Waals surface area (Å²) in [6, 6.07) is 3.88. The van der Waals surface area contributed by atoms with E-state index in [4.69, 9.17) is 10.3 Å². The highest BCUT2D eigenvalue weighted by Crippen LogP contribution is 2.33. The van der Waals surface area contributed by atoms with Crippen LogP contribution in [0.4, 0.5) is 0 Å². The summed E-state index contributed by atoms with van der Waals surface area (Å²) in [5.41, 5.74) is 6.31. The van der Waals surface area contributed by atoms with E-state index in [9.17, 15) is 0 Å². The molecule has 0 aromatic carbocycles. The molecular formula is C13H19N3OS. The molecule has 0 spiro atoms. The number of nitrogens with two attached hydrogens (primary N) is 1. The van der Waals surface area contributed by atoms with Gasteiger partial charge in [-0.1, -0.05) is 32.9 Å². The highest BCUT2D eigenvalue weighted by molar-refractivity contribution is 7.12. The molecule has 0 saturated carbocycles. The lowest BCUT2D eigenvalue weighted by molar-refractivity contribution is 0.375. The van der Waals surface area contributed by atoms with Gasteiger partial charge in [-0.05, 0) is 17.5 Å². The maximum atomic E-state index is 6.17. The minimum absolute atomic E-state index is 0.147. The van der Waals surface area contributed by atoms with Crippen LogP contribution in [0.1, 0.15) is 55.2 Å². The molecule has 0 saturated heterocycles. The maximum Gasteiger partial charge on any atom is 0.226 e. The number of aromatic nitrogens is 2. The molecule has 0 amide bonds. The van der Waals surface area contributed by atoms with E-state index in [1.807, 2.05) is 6.92 Å². The van der Waals surface area contributed by atoms with Gasteiger partial charge in [0.1, 0.15) is 6.04 Å². The van der Waals surface area contributed by atoms with Gasteiger partial charge in [0.05, 0.1) is 0 Å². The second-order valence-corrected chi connectivity index (χ2v) is 6.44. The molecule has 18 heavy (non-hydrogen) atoms. The summed E-state index contributed by atoms with van der Waals surface area (Å²) in [5, 5.41) is 3.93. The van der Waals surface area contributed by atoms with Crippen LogP contribution in [0.25, 0.3) is 0 Å². The maximum absolute atomic E-state index is 6.17. The van der Waals surface area contributed by atoms with Crippen LogP contribution in [0.3, 0.4) is 0 Å². The van der Waals surface area contributed by atoms with Crippen molar-refractivity contribution in [3.63, 3.8) is 0 Å². The Bertz CT molecular complexity index is 524. The number of nitrogens with zero attached hydrogens (tertiary/aromatic N) is 2. The summed E-state index contributed by atoms with van der Waals surface area (Å²) in [6.07, 6.45) is 0.734. The number of hydrogen-bond donors (Lipinski definition) is 1. The Kier molecular flexibility index (Phi) is 3.54. The largest absolute Gasteiger partial charge is 0.339 e. The van der Waals surface area contributed by atoms with Crippen molar-refractivity contribution in [1.82, 2.24) is 10.1 Å². The number of thiophene rings is 1. The molecule has 1 unspecified atom stereocenters. The molecule has 2 aromatic rings. The monoisotopic (exact) mass is 265 g/mol. The average Bonchev–Trinajstić information content (AvgIpc) is 2.96. The summed E-state index contributed by atoms with van der Waals surface area (Å²) in [5.74, 6) is 1.20. The van der Waals surface area contributed by atoms with E-state index in [0.29, 0.717) is 11.7 Å².